The third kappa shape index (κ3) is 2.61. The Morgan fingerprint density at radius 2 is 2.41 bits per heavy atom. The van der Waals surface area contributed by atoms with Gasteiger partial charge in [0, 0.05) is 25.4 Å². The predicted octanol–water partition coefficient (Wildman–Crippen LogP) is 1.05. The van der Waals surface area contributed by atoms with E-state index >= 15 is 0 Å². The molecule has 0 saturated carbocycles. The zero-order valence-electron chi connectivity index (χ0n) is 9.37. The van der Waals surface area contributed by atoms with Gasteiger partial charge in [-0.3, -0.25) is 9.78 Å². The molecule has 0 aliphatic carbocycles. The van der Waals surface area contributed by atoms with Gasteiger partial charge in [0.25, 0.3) is 0 Å². The van der Waals surface area contributed by atoms with Gasteiger partial charge in [-0.05, 0) is 24.5 Å². The van der Waals surface area contributed by atoms with Crippen molar-refractivity contribution in [3.63, 3.8) is 0 Å². The minimum Gasteiger partial charge on any atom is -0.480 e. The summed E-state index contributed by atoms with van der Waals surface area (Å²) in [5.74, 6) is -1.02. The first kappa shape index (κ1) is 11.6. The number of pyridine rings is 1. The molecule has 2 rings (SSSR count). The summed E-state index contributed by atoms with van der Waals surface area (Å²) in [7, 11) is 0. The van der Waals surface area contributed by atoms with Gasteiger partial charge in [-0.15, -0.1) is 0 Å². The van der Waals surface area contributed by atoms with E-state index in [4.69, 9.17) is 5.11 Å². The van der Waals surface area contributed by atoms with Crippen molar-refractivity contribution in [3.8, 4) is 0 Å². The summed E-state index contributed by atoms with van der Waals surface area (Å²) in [6, 6.07) is 2.92. The van der Waals surface area contributed by atoms with Crippen LogP contribution in [0.4, 0.5) is 0 Å². The SMILES string of the molecule is O=C(O)C1CCCC(=O)N1Cc1cccnc1. The second-order valence-corrected chi connectivity index (χ2v) is 4.13. The molecule has 1 aliphatic rings. The largest absolute Gasteiger partial charge is 0.480 e. The molecular weight excluding hydrogens is 220 g/mol. The number of piperidine rings is 1. The van der Waals surface area contributed by atoms with Crippen LogP contribution in [0.3, 0.4) is 0 Å². The summed E-state index contributed by atoms with van der Waals surface area (Å²) < 4.78 is 0. The van der Waals surface area contributed by atoms with Crippen LogP contribution in [-0.2, 0) is 16.1 Å². The van der Waals surface area contributed by atoms with E-state index in [1.807, 2.05) is 6.07 Å². The fourth-order valence-electron chi connectivity index (χ4n) is 2.06. The summed E-state index contributed by atoms with van der Waals surface area (Å²) in [5, 5.41) is 9.09. The number of amides is 1. The molecule has 1 saturated heterocycles. The zero-order chi connectivity index (χ0) is 12.3. The van der Waals surface area contributed by atoms with E-state index in [1.54, 1.807) is 18.5 Å². The molecule has 17 heavy (non-hydrogen) atoms. The van der Waals surface area contributed by atoms with Crippen molar-refractivity contribution in [2.24, 2.45) is 0 Å². The number of hydrogen-bond acceptors (Lipinski definition) is 3. The topological polar surface area (TPSA) is 70.5 Å². The first-order valence-corrected chi connectivity index (χ1v) is 5.59. The lowest BCUT2D eigenvalue weighted by molar-refractivity contribution is -0.153. The molecule has 1 aromatic rings. The normalized spacial score (nSPS) is 20.4. The lowest BCUT2D eigenvalue weighted by atomic mass is 10.0. The minimum atomic E-state index is -0.929. The number of nitrogens with zero attached hydrogens (tertiary/aromatic N) is 2. The smallest absolute Gasteiger partial charge is 0.326 e. The van der Waals surface area contributed by atoms with E-state index in [2.05, 4.69) is 4.98 Å². The fourth-order valence-corrected chi connectivity index (χ4v) is 2.06. The third-order valence-corrected chi connectivity index (χ3v) is 2.93. The van der Waals surface area contributed by atoms with E-state index in [-0.39, 0.29) is 5.91 Å². The van der Waals surface area contributed by atoms with Crippen LogP contribution in [0.5, 0.6) is 0 Å². The number of carboxylic acid groups (broad SMARTS) is 1. The van der Waals surface area contributed by atoms with Crippen molar-refractivity contribution in [1.82, 2.24) is 9.88 Å². The molecule has 1 aliphatic heterocycles. The molecule has 1 aromatic heterocycles. The standard InChI is InChI=1S/C12H14N2O3/c15-11-5-1-4-10(12(16)17)14(11)8-9-3-2-6-13-7-9/h2-3,6-7,10H,1,4-5,8H2,(H,16,17). The monoisotopic (exact) mass is 234 g/mol. The zero-order valence-corrected chi connectivity index (χ0v) is 9.37. The molecule has 2 heterocycles. The Labute approximate surface area is 99.1 Å². The molecule has 5 nitrogen and oxygen atoms in total. The maximum Gasteiger partial charge on any atom is 0.326 e. The maximum absolute atomic E-state index is 11.8. The number of carbonyl (C=O) groups is 2. The van der Waals surface area contributed by atoms with Crippen LogP contribution in [0, 0.1) is 0 Å². The predicted molar refractivity (Wildman–Crippen MR) is 60.1 cm³/mol. The number of rotatable bonds is 3. The summed E-state index contributed by atoms with van der Waals surface area (Å²) in [5.41, 5.74) is 0.856. The van der Waals surface area contributed by atoms with Gasteiger partial charge in [-0.1, -0.05) is 6.07 Å². The summed E-state index contributed by atoms with van der Waals surface area (Å²) in [6.07, 6.45) is 4.92. The Kier molecular flexibility index (Phi) is 3.37. The molecule has 90 valence electrons. The van der Waals surface area contributed by atoms with Gasteiger partial charge < -0.3 is 10.0 Å². The molecular formula is C12H14N2O3. The van der Waals surface area contributed by atoms with Gasteiger partial charge in [0.15, 0.2) is 0 Å². The van der Waals surface area contributed by atoms with E-state index in [0.29, 0.717) is 25.8 Å². The lowest BCUT2D eigenvalue weighted by Gasteiger charge is -2.32. The van der Waals surface area contributed by atoms with Crippen molar-refractivity contribution in [1.29, 1.82) is 0 Å². The Morgan fingerprint density at radius 1 is 1.59 bits per heavy atom. The van der Waals surface area contributed by atoms with Crippen LogP contribution in [0.15, 0.2) is 24.5 Å². The van der Waals surface area contributed by atoms with Crippen LogP contribution in [0.2, 0.25) is 0 Å². The van der Waals surface area contributed by atoms with E-state index in [9.17, 15) is 9.59 Å². The molecule has 0 bridgehead atoms. The molecule has 1 atom stereocenters. The Hall–Kier alpha value is -1.91. The van der Waals surface area contributed by atoms with Crippen LogP contribution < -0.4 is 0 Å². The Morgan fingerprint density at radius 3 is 3.06 bits per heavy atom. The number of hydrogen-bond donors (Lipinski definition) is 1. The fraction of sp³-hybridized carbons (Fsp3) is 0.417. The van der Waals surface area contributed by atoms with E-state index in [0.717, 1.165) is 5.56 Å². The van der Waals surface area contributed by atoms with Gasteiger partial charge in [0.1, 0.15) is 6.04 Å². The molecule has 1 N–H and O–H groups in total. The molecule has 0 spiro atoms. The molecule has 0 aromatic carbocycles. The average molecular weight is 234 g/mol. The summed E-state index contributed by atoms with van der Waals surface area (Å²) in [4.78, 5) is 28.2. The highest BCUT2D eigenvalue weighted by Crippen LogP contribution is 2.20. The van der Waals surface area contributed by atoms with Crippen molar-refractivity contribution < 1.29 is 14.7 Å². The first-order valence-electron chi connectivity index (χ1n) is 5.59. The quantitative estimate of drug-likeness (QED) is 0.848. The second kappa shape index (κ2) is 4.95. The number of aromatic nitrogens is 1. The van der Waals surface area contributed by atoms with Crippen molar-refractivity contribution in [2.45, 2.75) is 31.8 Å². The number of aliphatic carboxylic acids is 1. The highest BCUT2D eigenvalue weighted by Gasteiger charge is 2.32. The van der Waals surface area contributed by atoms with Crippen LogP contribution >= 0.6 is 0 Å². The molecule has 1 amide bonds. The molecule has 1 unspecified atom stereocenters. The Balaban J connectivity index is 2.15. The highest BCUT2D eigenvalue weighted by atomic mass is 16.4. The van der Waals surface area contributed by atoms with E-state index < -0.39 is 12.0 Å². The third-order valence-electron chi connectivity index (χ3n) is 2.93. The highest BCUT2D eigenvalue weighted by molar-refractivity contribution is 5.84. The van der Waals surface area contributed by atoms with Crippen molar-refractivity contribution >= 4 is 11.9 Å². The van der Waals surface area contributed by atoms with Crippen LogP contribution in [0.1, 0.15) is 24.8 Å². The Bertz CT molecular complexity index is 419. The van der Waals surface area contributed by atoms with Gasteiger partial charge >= 0.3 is 5.97 Å². The molecule has 0 radical (unpaired) electrons. The van der Waals surface area contributed by atoms with E-state index in [1.165, 1.54) is 4.90 Å². The molecule has 1 fully saturated rings. The molecule has 5 heteroatoms. The van der Waals surface area contributed by atoms with Gasteiger partial charge in [0.05, 0.1) is 0 Å². The second-order valence-electron chi connectivity index (χ2n) is 4.13. The number of carbonyl (C=O) groups excluding carboxylic acids is 1. The number of carboxylic acids is 1. The maximum atomic E-state index is 11.8. The van der Waals surface area contributed by atoms with Crippen molar-refractivity contribution in [3.05, 3.63) is 30.1 Å². The first-order chi connectivity index (χ1) is 8.18. The average Bonchev–Trinajstić information content (AvgIpc) is 2.33. The summed E-state index contributed by atoms with van der Waals surface area (Å²) in [6.45, 7) is 0.323. The minimum absolute atomic E-state index is 0.0903. The van der Waals surface area contributed by atoms with Gasteiger partial charge in [0.2, 0.25) is 5.91 Å². The lowest BCUT2D eigenvalue weighted by Crippen LogP contribution is -2.47. The number of likely N-dealkylation sites (tertiary alicyclic amines) is 1. The van der Waals surface area contributed by atoms with Gasteiger partial charge in [-0.2, -0.15) is 0 Å². The summed E-state index contributed by atoms with van der Waals surface area (Å²) >= 11 is 0. The van der Waals surface area contributed by atoms with Crippen LogP contribution in [0.25, 0.3) is 0 Å². The van der Waals surface area contributed by atoms with Gasteiger partial charge in [-0.25, -0.2) is 4.79 Å². The van der Waals surface area contributed by atoms with Crippen molar-refractivity contribution in [2.75, 3.05) is 0 Å². The van der Waals surface area contributed by atoms with Crippen LogP contribution in [-0.4, -0.2) is 32.9 Å².